The van der Waals surface area contributed by atoms with Crippen molar-refractivity contribution in [2.75, 3.05) is 13.7 Å². The maximum Gasteiger partial charge on any atom is 0.338 e. The third-order valence-electron chi connectivity index (χ3n) is 4.05. The van der Waals surface area contributed by atoms with E-state index in [0.29, 0.717) is 0 Å². The number of phenols is 1. The standard InChI is InChI=1S/C19H18N2O4S/c1-12(18-20-15-8-3-4-9-16(15)26-18)21(2)17(23)11-25-19(24)13-6-5-7-14(22)10-13/h3-10,12,22H,11H2,1-2H3/t12-/m1/s1. The number of thiazole rings is 1. The summed E-state index contributed by atoms with van der Waals surface area (Å²) in [5.41, 5.74) is 1.09. The smallest absolute Gasteiger partial charge is 0.338 e. The molecule has 1 amide bonds. The summed E-state index contributed by atoms with van der Waals surface area (Å²) >= 11 is 1.53. The fourth-order valence-corrected chi connectivity index (χ4v) is 3.46. The Morgan fingerprint density at radius 3 is 2.73 bits per heavy atom. The molecule has 1 atom stereocenters. The van der Waals surface area contributed by atoms with Gasteiger partial charge in [-0.1, -0.05) is 18.2 Å². The van der Waals surface area contributed by atoms with Crippen LogP contribution in [-0.4, -0.2) is 40.5 Å². The fourth-order valence-electron chi connectivity index (χ4n) is 2.40. The molecule has 0 saturated heterocycles. The van der Waals surface area contributed by atoms with Crippen molar-refractivity contribution in [3.63, 3.8) is 0 Å². The van der Waals surface area contributed by atoms with Crippen LogP contribution in [0.3, 0.4) is 0 Å². The van der Waals surface area contributed by atoms with Gasteiger partial charge in [0.15, 0.2) is 6.61 Å². The van der Waals surface area contributed by atoms with Crippen molar-refractivity contribution in [1.82, 2.24) is 9.88 Å². The van der Waals surface area contributed by atoms with Gasteiger partial charge in [-0.2, -0.15) is 0 Å². The number of phenolic OH excluding ortho intramolecular Hbond substituents is 1. The average molecular weight is 370 g/mol. The highest BCUT2D eigenvalue weighted by atomic mass is 32.1. The number of nitrogens with zero attached hydrogens (tertiary/aromatic N) is 2. The molecule has 0 saturated carbocycles. The molecule has 26 heavy (non-hydrogen) atoms. The lowest BCUT2D eigenvalue weighted by Gasteiger charge is -2.23. The first-order valence-corrected chi connectivity index (χ1v) is 8.84. The van der Waals surface area contributed by atoms with E-state index in [1.165, 1.54) is 40.5 Å². The topological polar surface area (TPSA) is 79.7 Å². The van der Waals surface area contributed by atoms with Crippen LogP contribution in [0.15, 0.2) is 48.5 Å². The third-order valence-corrected chi connectivity index (χ3v) is 5.26. The molecule has 0 radical (unpaired) electrons. The minimum absolute atomic E-state index is 0.0349. The van der Waals surface area contributed by atoms with E-state index >= 15 is 0 Å². The molecule has 1 aromatic heterocycles. The summed E-state index contributed by atoms with van der Waals surface area (Å²) in [6, 6.07) is 13.4. The number of amides is 1. The van der Waals surface area contributed by atoms with Gasteiger partial charge in [0.1, 0.15) is 10.8 Å². The number of para-hydroxylation sites is 1. The van der Waals surface area contributed by atoms with Crippen molar-refractivity contribution in [3.05, 3.63) is 59.1 Å². The lowest BCUT2D eigenvalue weighted by molar-refractivity contribution is -0.135. The van der Waals surface area contributed by atoms with E-state index in [9.17, 15) is 14.7 Å². The summed E-state index contributed by atoms with van der Waals surface area (Å²) in [5, 5.41) is 10.2. The first-order valence-electron chi connectivity index (χ1n) is 8.03. The van der Waals surface area contributed by atoms with Crippen molar-refractivity contribution in [1.29, 1.82) is 0 Å². The number of aromatic hydroxyl groups is 1. The molecule has 6 nitrogen and oxygen atoms in total. The van der Waals surface area contributed by atoms with Crippen molar-refractivity contribution >= 4 is 33.4 Å². The van der Waals surface area contributed by atoms with E-state index in [1.54, 1.807) is 7.05 Å². The Kier molecular flexibility index (Phi) is 5.18. The highest BCUT2D eigenvalue weighted by Crippen LogP contribution is 2.28. The van der Waals surface area contributed by atoms with Gasteiger partial charge in [-0.3, -0.25) is 4.79 Å². The van der Waals surface area contributed by atoms with Crippen molar-refractivity contribution in [2.24, 2.45) is 0 Å². The Labute approximate surface area is 154 Å². The highest BCUT2D eigenvalue weighted by molar-refractivity contribution is 7.18. The molecule has 2 aromatic carbocycles. The summed E-state index contributed by atoms with van der Waals surface area (Å²) in [6.07, 6.45) is 0. The largest absolute Gasteiger partial charge is 0.508 e. The molecule has 1 heterocycles. The van der Waals surface area contributed by atoms with Crippen LogP contribution < -0.4 is 0 Å². The van der Waals surface area contributed by atoms with Gasteiger partial charge in [-0.15, -0.1) is 11.3 Å². The van der Waals surface area contributed by atoms with Gasteiger partial charge in [0.2, 0.25) is 0 Å². The van der Waals surface area contributed by atoms with Crippen LogP contribution in [-0.2, 0) is 9.53 Å². The molecule has 0 fully saturated rings. The number of carbonyl (C=O) groups excluding carboxylic acids is 2. The van der Waals surface area contributed by atoms with Crippen molar-refractivity contribution in [3.8, 4) is 5.75 Å². The lowest BCUT2D eigenvalue weighted by atomic mass is 10.2. The molecule has 1 N–H and O–H groups in total. The van der Waals surface area contributed by atoms with E-state index in [0.717, 1.165) is 15.2 Å². The molecular formula is C19H18N2O4S. The first-order chi connectivity index (χ1) is 12.5. The van der Waals surface area contributed by atoms with Crippen molar-refractivity contribution < 1.29 is 19.4 Å². The lowest BCUT2D eigenvalue weighted by Crippen LogP contribution is -2.33. The van der Waals surface area contributed by atoms with Crippen LogP contribution in [0.25, 0.3) is 10.2 Å². The van der Waals surface area contributed by atoms with E-state index in [4.69, 9.17) is 4.74 Å². The van der Waals surface area contributed by atoms with E-state index in [2.05, 4.69) is 4.98 Å². The summed E-state index contributed by atoms with van der Waals surface area (Å²) < 4.78 is 6.11. The van der Waals surface area contributed by atoms with Crippen molar-refractivity contribution in [2.45, 2.75) is 13.0 Å². The molecule has 134 valence electrons. The molecule has 0 aliphatic heterocycles. The predicted molar refractivity (Wildman–Crippen MR) is 99.2 cm³/mol. The number of benzene rings is 2. The molecule has 0 aliphatic carbocycles. The minimum atomic E-state index is -0.657. The second-order valence-electron chi connectivity index (χ2n) is 5.83. The Morgan fingerprint density at radius 1 is 1.23 bits per heavy atom. The van der Waals surface area contributed by atoms with Gasteiger partial charge < -0.3 is 14.7 Å². The average Bonchev–Trinajstić information content (AvgIpc) is 3.08. The van der Waals surface area contributed by atoms with Crippen LogP contribution in [0.5, 0.6) is 5.75 Å². The summed E-state index contributed by atoms with van der Waals surface area (Å²) in [4.78, 5) is 30.4. The third kappa shape index (κ3) is 3.83. The zero-order chi connectivity index (χ0) is 18.7. The van der Waals surface area contributed by atoms with Gasteiger partial charge in [0.25, 0.3) is 5.91 Å². The van der Waals surface area contributed by atoms with E-state index < -0.39 is 5.97 Å². The first kappa shape index (κ1) is 17.9. The maximum absolute atomic E-state index is 12.4. The summed E-state index contributed by atoms with van der Waals surface area (Å²) in [5.74, 6) is -1.02. The molecule has 0 bridgehead atoms. The molecule has 0 spiro atoms. The van der Waals surface area contributed by atoms with Gasteiger partial charge in [-0.05, 0) is 37.3 Å². The number of hydrogen-bond donors (Lipinski definition) is 1. The molecule has 3 aromatic rings. The number of hydrogen-bond acceptors (Lipinski definition) is 6. The number of aromatic nitrogens is 1. The quantitative estimate of drug-likeness (QED) is 0.697. The van der Waals surface area contributed by atoms with Gasteiger partial charge in [-0.25, -0.2) is 9.78 Å². The maximum atomic E-state index is 12.4. The molecule has 0 unspecified atom stereocenters. The van der Waals surface area contributed by atoms with Crippen LogP contribution >= 0.6 is 11.3 Å². The number of ether oxygens (including phenoxy) is 1. The summed E-state index contributed by atoms with van der Waals surface area (Å²) in [7, 11) is 1.65. The highest BCUT2D eigenvalue weighted by Gasteiger charge is 2.22. The second-order valence-corrected chi connectivity index (χ2v) is 6.89. The molecule has 7 heteroatoms. The second kappa shape index (κ2) is 7.53. The summed E-state index contributed by atoms with van der Waals surface area (Å²) in [6.45, 7) is 1.51. The van der Waals surface area contributed by atoms with E-state index in [1.807, 2.05) is 31.2 Å². The Morgan fingerprint density at radius 2 is 2.00 bits per heavy atom. The molecular weight excluding hydrogens is 352 g/mol. The Balaban J connectivity index is 1.62. The Bertz CT molecular complexity index is 920. The minimum Gasteiger partial charge on any atom is -0.508 e. The number of rotatable bonds is 5. The fraction of sp³-hybridized carbons (Fsp3) is 0.211. The number of likely N-dealkylation sites (N-methyl/N-ethyl adjacent to an activating group) is 1. The van der Waals surface area contributed by atoms with E-state index in [-0.39, 0.29) is 29.9 Å². The SMILES string of the molecule is C[C@H](c1nc2ccccc2s1)N(C)C(=O)COC(=O)c1cccc(O)c1. The van der Waals surface area contributed by atoms with Gasteiger partial charge in [0.05, 0.1) is 21.8 Å². The normalized spacial score (nSPS) is 11.9. The number of carbonyl (C=O) groups is 2. The van der Waals surface area contributed by atoms with Crippen LogP contribution in [0.1, 0.15) is 28.3 Å². The number of esters is 1. The molecule has 0 aliphatic rings. The van der Waals surface area contributed by atoms with Gasteiger partial charge >= 0.3 is 5.97 Å². The monoisotopic (exact) mass is 370 g/mol. The van der Waals surface area contributed by atoms with Crippen LogP contribution in [0, 0.1) is 0 Å². The number of fused-ring (bicyclic) bond motifs is 1. The molecule has 3 rings (SSSR count). The zero-order valence-corrected chi connectivity index (χ0v) is 15.2. The Hall–Kier alpha value is -2.93. The van der Waals surface area contributed by atoms with Crippen LogP contribution in [0.4, 0.5) is 0 Å². The predicted octanol–water partition coefficient (Wildman–Crippen LogP) is 3.38. The van der Waals surface area contributed by atoms with Crippen LogP contribution in [0.2, 0.25) is 0 Å². The van der Waals surface area contributed by atoms with Gasteiger partial charge in [0, 0.05) is 7.05 Å². The zero-order valence-electron chi connectivity index (χ0n) is 14.4.